The monoisotopic (exact) mass is 363 g/mol. The van der Waals surface area contributed by atoms with Gasteiger partial charge in [-0.1, -0.05) is 0 Å². The van der Waals surface area contributed by atoms with E-state index >= 15 is 0 Å². The van der Waals surface area contributed by atoms with Crippen LogP contribution in [0, 0.1) is 11.6 Å². The van der Waals surface area contributed by atoms with Crippen LogP contribution in [0.4, 0.5) is 13.6 Å². The number of amides is 1. The Kier molecular flexibility index (Phi) is 4.83. The number of hydrogen-bond acceptors (Lipinski definition) is 3. The minimum absolute atomic E-state index is 0.0105. The topological polar surface area (TPSA) is 49.8 Å². The molecule has 0 radical (unpaired) electrons. The first-order valence-electron chi connectivity index (χ1n) is 6.66. The van der Waals surface area contributed by atoms with Gasteiger partial charge in [0.1, 0.15) is 11.6 Å². The van der Waals surface area contributed by atoms with Gasteiger partial charge in [-0.2, -0.15) is 0 Å². The first-order chi connectivity index (χ1) is 9.87. The summed E-state index contributed by atoms with van der Waals surface area (Å²) in [4.78, 5) is 13.0. The number of rotatable bonds is 2. The summed E-state index contributed by atoms with van der Waals surface area (Å²) in [6.07, 6.45) is -0.199. The summed E-state index contributed by atoms with van der Waals surface area (Å²) in [7, 11) is 0. The minimum Gasteiger partial charge on any atom is -0.450 e. The lowest BCUT2D eigenvalue weighted by atomic mass is 9.84. The van der Waals surface area contributed by atoms with Crippen molar-refractivity contribution in [3.63, 3.8) is 0 Å². The molecule has 0 unspecified atom stereocenters. The fourth-order valence-corrected chi connectivity index (χ4v) is 2.74. The summed E-state index contributed by atoms with van der Waals surface area (Å²) >= 11 is 2.90. The Labute approximate surface area is 129 Å². The average molecular weight is 364 g/mol. The van der Waals surface area contributed by atoms with Gasteiger partial charge in [-0.25, -0.2) is 13.6 Å². The maximum atomic E-state index is 14.0. The van der Waals surface area contributed by atoms with Crippen molar-refractivity contribution < 1.29 is 23.4 Å². The quantitative estimate of drug-likeness (QED) is 0.821. The average Bonchev–Trinajstić information content (AvgIpc) is 2.43. The van der Waals surface area contributed by atoms with Gasteiger partial charge in [-0.15, -0.1) is 0 Å². The standard InChI is InChI=1S/C14H16BrF2NO3/c1-2-21-13(19)18-5-3-14(20,4-6-18)9-7-12(17)10(15)8-11(9)16/h7-8,20H,2-6H2,1H3. The fourth-order valence-electron chi connectivity index (χ4n) is 2.42. The molecule has 4 nitrogen and oxygen atoms in total. The van der Waals surface area contributed by atoms with Crippen LogP contribution < -0.4 is 0 Å². The highest BCUT2D eigenvalue weighted by Gasteiger charge is 2.38. The molecule has 0 bridgehead atoms. The van der Waals surface area contributed by atoms with Crippen molar-refractivity contribution in [3.05, 3.63) is 33.8 Å². The van der Waals surface area contributed by atoms with Crippen LogP contribution in [0.2, 0.25) is 0 Å². The van der Waals surface area contributed by atoms with Gasteiger partial charge in [0.05, 0.1) is 16.7 Å². The lowest BCUT2D eigenvalue weighted by Crippen LogP contribution is -2.45. The van der Waals surface area contributed by atoms with Crippen LogP contribution in [0.5, 0.6) is 0 Å². The molecule has 1 N–H and O–H groups in total. The molecule has 116 valence electrons. The molecule has 0 aliphatic carbocycles. The van der Waals surface area contributed by atoms with Crippen LogP contribution in [0.25, 0.3) is 0 Å². The van der Waals surface area contributed by atoms with Crippen LogP contribution in [-0.2, 0) is 10.3 Å². The Morgan fingerprint density at radius 3 is 2.57 bits per heavy atom. The van der Waals surface area contributed by atoms with Gasteiger partial charge in [0.2, 0.25) is 0 Å². The van der Waals surface area contributed by atoms with Crippen molar-refractivity contribution in [1.29, 1.82) is 0 Å². The zero-order chi connectivity index (χ0) is 15.6. The molecule has 2 rings (SSSR count). The third-order valence-electron chi connectivity index (χ3n) is 3.63. The molecule has 1 fully saturated rings. The molecule has 1 aromatic carbocycles. The van der Waals surface area contributed by atoms with Crippen molar-refractivity contribution in [3.8, 4) is 0 Å². The Bertz CT molecular complexity index is 545. The van der Waals surface area contributed by atoms with E-state index in [-0.39, 0.29) is 42.6 Å². The molecule has 21 heavy (non-hydrogen) atoms. The number of piperidine rings is 1. The van der Waals surface area contributed by atoms with Crippen LogP contribution in [0.15, 0.2) is 16.6 Å². The first-order valence-corrected chi connectivity index (χ1v) is 7.46. The highest BCUT2D eigenvalue weighted by Crippen LogP contribution is 2.36. The fraction of sp³-hybridized carbons (Fsp3) is 0.500. The highest BCUT2D eigenvalue weighted by molar-refractivity contribution is 9.10. The van der Waals surface area contributed by atoms with E-state index < -0.39 is 23.3 Å². The van der Waals surface area contributed by atoms with Crippen LogP contribution in [-0.4, -0.2) is 35.8 Å². The van der Waals surface area contributed by atoms with Crippen molar-refractivity contribution in [2.75, 3.05) is 19.7 Å². The number of nitrogens with zero attached hydrogens (tertiary/aromatic N) is 1. The molecule has 7 heteroatoms. The van der Waals surface area contributed by atoms with Gasteiger partial charge >= 0.3 is 6.09 Å². The second kappa shape index (κ2) is 6.27. The SMILES string of the molecule is CCOC(=O)N1CCC(O)(c2cc(F)c(Br)cc2F)CC1. The number of likely N-dealkylation sites (tertiary alicyclic amines) is 1. The molecule has 1 aromatic rings. The number of hydrogen-bond donors (Lipinski definition) is 1. The van der Waals surface area contributed by atoms with Crippen molar-refractivity contribution >= 4 is 22.0 Å². The molecule has 1 aliphatic heterocycles. The third-order valence-corrected chi connectivity index (χ3v) is 4.24. The van der Waals surface area contributed by atoms with E-state index in [2.05, 4.69) is 15.9 Å². The van der Waals surface area contributed by atoms with E-state index in [1.807, 2.05) is 0 Å². The van der Waals surface area contributed by atoms with Gasteiger partial charge in [-0.3, -0.25) is 0 Å². The minimum atomic E-state index is -1.48. The summed E-state index contributed by atoms with van der Waals surface area (Å²) in [5.74, 6) is -1.30. The largest absolute Gasteiger partial charge is 0.450 e. The van der Waals surface area contributed by atoms with Gasteiger partial charge in [0.15, 0.2) is 0 Å². The number of carbonyl (C=O) groups excluding carboxylic acids is 1. The number of benzene rings is 1. The van der Waals surface area contributed by atoms with Crippen LogP contribution >= 0.6 is 15.9 Å². The Morgan fingerprint density at radius 2 is 2.00 bits per heavy atom. The molecular weight excluding hydrogens is 348 g/mol. The number of carbonyl (C=O) groups is 1. The second-order valence-electron chi connectivity index (χ2n) is 4.96. The smallest absolute Gasteiger partial charge is 0.409 e. The summed E-state index contributed by atoms with van der Waals surface area (Å²) < 4.78 is 32.4. The van der Waals surface area contributed by atoms with Crippen LogP contribution in [0.3, 0.4) is 0 Å². The van der Waals surface area contributed by atoms with E-state index in [1.165, 1.54) is 4.90 Å². The molecule has 0 aromatic heterocycles. The molecule has 1 saturated heterocycles. The van der Waals surface area contributed by atoms with Crippen molar-refractivity contribution in [1.82, 2.24) is 4.90 Å². The molecule has 1 aliphatic rings. The maximum absolute atomic E-state index is 14.0. The zero-order valence-electron chi connectivity index (χ0n) is 11.5. The van der Waals surface area contributed by atoms with Crippen LogP contribution in [0.1, 0.15) is 25.3 Å². The van der Waals surface area contributed by atoms with E-state index in [0.29, 0.717) is 0 Å². The first kappa shape index (κ1) is 16.2. The van der Waals surface area contributed by atoms with Crippen molar-refractivity contribution in [2.45, 2.75) is 25.4 Å². The molecule has 0 atom stereocenters. The molecule has 1 amide bonds. The van der Waals surface area contributed by atoms with E-state index in [1.54, 1.807) is 6.92 Å². The molecule has 1 heterocycles. The number of halogens is 3. The van der Waals surface area contributed by atoms with E-state index in [4.69, 9.17) is 4.74 Å². The Hall–Kier alpha value is -1.21. The van der Waals surface area contributed by atoms with Crippen molar-refractivity contribution in [2.24, 2.45) is 0 Å². The number of aliphatic hydroxyl groups is 1. The van der Waals surface area contributed by atoms with Gasteiger partial charge < -0.3 is 14.7 Å². The molecular formula is C14H16BrF2NO3. The normalized spacial score (nSPS) is 17.7. The van der Waals surface area contributed by atoms with E-state index in [9.17, 15) is 18.7 Å². The predicted octanol–water partition coefficient (Wildman–Crippen LogP) is 3.17. The van der Waals surface area contributed by atoms with Gasteiger partial charge in [0.25, 0.3) is 0 Å². The lowest BCUT2D eigenvalue weighted by Gasteiger charge is -2.38. The number of ether oxygens (including phenoxy) is 1. The van der Waals surface area contributed by atoms with E-state index in [0.717, 1.165) is 12.1 Å². The Balaban J connectivity index is 2.15. The predicted molar refractivity (Wildman–Crippen MR) is 75.8 cm³/mol. The van der Waals surface area contributed by atoms with Gasteiger partial charge in [-0.05, 0) is 47.8 Å². The second-order valence-corrected chi connectivity index (χ2v) is 5.82. The zero-order valence-corrected chi connectivity index (χ0v) is 13.1. The third kappa shape index (κ3) is 3.35. The summed E-state index contributed by atoms with van der Waals surface area (Å²) in [6, 6.07) is 2.00. The highest BCUT2D eigenvalue weighted by atomic mass is 79.9. The maximum Gasteiger partial charge on any atom is 0.409 e. The lowest BCUT2D eigenvalue weighted by molar-refractivity contribution is -0.0270. The Morgan fingerprint density at radius 1 is 1.38 bits per heavy atom. The summed E-state index contributed by atoms with van der Waals surface area (Å²) in [6.45, 7) is 2.43. The molecule has 0 saturated carbocycles. The molecule has 0 spiro atoms. The van der Waals surface area contributed by atoms with Gasteiger partial charge in [0, 0.05) is 18.7 Å². The summed E-state index contributed by atoms with van der Waals surface area (Å²) in [5, 5.41) is 10.6. The summed E-state index contributed by atoms with van der Waals surface area (Å²) in [5.41, 5.74) is -1.55.